The van der Waals surface area contributed by atoms with Crippen molar-refractivity contribution in [2.24, 2.45) is 0 Å². The zero-order valence-electron chi connectivity index (χ0n) is 11.3. The average molecular weight is 264 g/mol. The quantitative estimate of drug-likeness (QED) is 0.547. The van der Waals surface area contributed by atoms with Crippen molar-refractivity contribution in [2.45, 2.75) is 39.2 Å². The number of quaternary nitrogens is 1. The lowest BCUT2D eigenvalue weighted by Gasteiger charge is -2.00. The van der Waals surface area contributed by atoms with Crippen LogP contribution in [0.1, 0.15) is 38.2 Å². The van der Waals surface area contributed by atoms with Gasteiger partial charge in [0.15, 0.2) is 0 Å². The molecule has 2 heterocycles. The molecule has 6 nitrogen and oxygen atoms in total. The number of nitrogens with one attached hydrogen (secondary N) is 2. The summed E-state index contributed by atoms with van der Waals surface area (Å²) in [4.78, 5) is 21.5. The Bertz CT molecular complexity index is 586. The molecule has 0 aliphatic carbocycles. The summed E-state index contributed by atoms with van der Waals surface area (Å²) in [6, 6.07) is 0. The highest BCUT2D eigenvalue weighted by molar-refractivity contribution is 5.79. The molecule has 0 saturated carbocycles. The highest BCUT2D eigenvalue weighted by Crippen LogP contribution is 2.10. The molecule has 0 spiro atoms. The molecule has 0 aromatic carbocycles. The summed E-state index contributed by atoms with van der Waals surface area (Å²) in [7, 11) is 0. The van der Waals surface area contributed by atoms with Gasteiger partial charge in [0, 0.05) is 11.8 Å². The van der Waals surface area contributed by atoms with Crippen molar-refractivity contribution >= 4 is 17.0 Å². The lowest BCUT2D eigenvalue weighted by Crippen LogP contribution is -2.82. The van der Waals surface area contributed by atoms with Gasteiger partial charge >= 0.3 is 0 Å². The minimum absolute atomic E-state index is 0.148. The molecule has 0 saturated heterocycles. The summed E-state index contributed by atoms with van der Waals surface area (Å²) in [5, 5.41) is 2.85. The largest absolute Gasteiger partial charge is 0.369 e. The van der Waals surface area contributed by atoms with E-state index in [-0.39, 0.29) is 11.5 Å². The normalized spacial score (nSPS) is 11.2. The van der Waals surface area contributed by atoms with E-state index in [0.29, 0.717) is 11.0 Å². The summed E-state index contributed by atoms with van der Waals surface area (Å²) < 4.78 is 0. The molecule has 0 radical (unpaired) electrons. The Hall–Kier alpha value is -1.82. The standard InChI is InChI=1S/C13H21N5O/c1-2-3-4-5-6-15-7-9-8-16-11-10(9)12(19)18-13(14)17-11/h8,15H,2-7H2,1H3,(H4,14,16,17,18,19)/p+1. The number of anilines is 1. The van der Waals surface area contributed by atoms with E-state index in [1.54, 1.807) is 0 Å². The predicted octanol–water partition coefficient (Wildman–Crippen LogP) is 0.477. The number of nitrogens with two attached hydrogens (primary N) is 2. The Morgan fingerprint density at radius 3 is 3.00 bits per heavy atom. The third-order valence-corrected chi connectivity index (χ3v) is 3.27. The van der Waals surface area contributed by atoms with Crippen LogP contribution in [0.25, 0.3) is 11.0 Å². The van der Waals surface area contributed by atoms with Crippen molar-refractivity contribution in [2.75, 3.05) is 12.3 Å². The summed E-state index contributed by atoms with van der Waals surface area (Å²) >= 11 is 0. The predicted molar refractivity (Wildman–Crippen MR) is 75.8 cm³/mol. The van der Waals surface area contributed by atoms with Crippen LogP contribution in [-0.4, -0.2) is 21.5 Å². The number of nitrogens with zero attached hydrogens (tertiary/aromatic N) is 1. The van der Waals surface area contributed by atoms with Crippen LogP contribution in [-0.2, 0) is 6.54 Å². The number of unbranched alkanes of at least 4 members (excludes halogenated alkanes) is 3. The van der Waals surface area contributed by atoms with Gasteiger partial charge in [-0.05, 0) is 12.8 Å². The lowest BCUT2D eigenvalue weighted by molar-refractivity contribution is -0.670. The molecular formula is C13H22N5O+. The number of nitrogen functional groups attached to an aromatic ring is 1. The second kappa shape index (κ2) is 6.38. The van der Waals surface area contributed by atoms with E-state index in [2.05, 4.69) is 27.2 Å². The topological polar surface area (TPSA) is 104 Å². The summed E-state index contributed by atoms with van der Waals surface area (Å²) in [5.41, 5.74) is 6.89. The molecule has 0 aliphatic rings. The monoisotopic (exact) mass is 264 g/mol. The first-order chi connectivity index (χ1) is 9.22. The molecule has 6 N–H and O–H groups in total. The third kappa shape index (κ3) is 3.35. The molecule has 2 rings (SSSR count). The van der Waals surface area contributed by atoms with Gasteiger partial charge in [-0.3, -0.25) is 9.78 Å². The first-order valence-electron chi connectivity index (χ1n) is 6.89. The second-order valence-corrected chi connectivity index (χ2v) is 4.83. The molecule has 2 aromatic rings. The molecule has 104 valence electrons. The minimum Gasteiger partial charge on any atom is -0.369 e. The zero-order valence-corrected chi connectivity index (χ0v) is 11.3. The fourth-order valence-electron chi connectivity index (χ4n) is 2.25. The maximum atomic E-state index is 11.8. The number of fused-ring (bicyclic) bond motifs is 1. The van der Waals surface area contributed by atoms with Gasteiger partial charge in [0.05, 0.1) is 11.9 Å². The van der Waals surface area contributed by atoms with Crippen molar-refractivity contribution in [3.63, 3.8) is 0 Å². The maximum absolute atomic E-state index is 11.8. The summed E-state index contributed by atoms with van der Waals surface area (Å²) in [5.74, 6) is 0.148. The highest BCUT2D eigenvalue weighted by atomic mass is 16.1. The van der Waals surface area contributed by atoms with Gasteiger partial charge in [0.2, 0.25) is 5.95 Å². The summed E-state index contributed by atoms with van der Waals surface area (Å²) in [6.07, 6.45) is 6.89. The van der Waals surface area contributed by atoms with Crippen LogP contribution in [0, 0.1) is 0 Å². The Balaban J connectivity index is 1.96. The molecular weight excluding hydrogens is 242 g/mol. The molecule has 6 heteroatoms. The zero-order chi connectivity index (χ0) is 13.7. The van der Waals surface area contributed by atoms with E-state index in [1.807, 2.05) is 6.20 Å². The van der Waals surface area contributed by atoms with Crippen molar-refractivity contribution in [1.82, 2.24) is 15.0 Å². The smallest absolute Gasteiger partial charge is 0.262 e. The van der Waals surface area contributed by atoms with E-state index in [1.165, 1.54) is 25.7 Å². The molecule has 0 atom stereocenters. The average Bonchev–Trinajstić information content (AvgIpc) is 2.77. The number of hydrogen-bond donors (Lipinski definition) is 4. The second-order valence-electron chi connectivity index (χ2n) is 4.83. The van der Waals surface area contributed by atoms with Gasteiger partial charge in [-0.1, -0.05) is 19.8 Å². The first-order valence-corrected chi connectivity index (χ1v) is 6.89. The number of H-pyrrole nitrogens is 2. The lowest BCUT2D eigenvalue weighted by atomic mass is 10.2. The van der Waals surface area contributed by atoms with Crippen LogP contribution in [0.15, 0.2) is 11.0 Å². The summed E-state index contributed by atoms with van der Waals surface area (Å²) in [6.45, 7) is 4.09. The van der Waals surface area contributed by atoms with Gasteiger partial charge in [-0.15, -0.1) is 0 Å². The van der Waals surface area contributed by atoms with Crippen LogP contribution in [0.3, 0.4) is 0 Å². The Morgan fingerprint density at radius 2 is 2.21 bits per heavy atom. The van der Waals surface area contributed by atoms with Gasteiger partial charge in [-0.25, -0.2) is 0 Å². The number of aromatic nitrogens is 3. The molecule has 0 fully saturated rings. The maximum Gasteiger partial charge on any atom is 0.262 e. The van der Waals surface area contributed by atoms with Crippen LogP contribution >= 0.6 is 0 Å². The third-order valence-electron chi connectivity index (χ3n) is 3.27. The number of hydrogen-bond acceptors (Lipinski definition) is 3. The van der Waals surface area contributed by atoms with Crippen molar-refractivity contribution < 1.29 is 5.32 Å². The van der Waals surface area contributed by atoms with Crippen LogP contribution in [0.2, 0.25) is 0 Å². The van der Waals surface area contributed by atoms with Crippen molar-refractivity contribution in [1.29, 1.82) is 0 Å². The molecule has 0 amide bonds. The van der Waals surface area contributed by atoms with Crippen LogP contribution in [0.4, 0.5) is 5.95 Å². The van der Waals surface area contributed by atoms with Crippen molar-refractivity contribution in [3.05, 3.63) is 22.1 Å². The number of rotatable bonds is 7. The van der Waals surface area contributed by atoms with Crippen molar-refractivity contribution in [3.8, 4) is 0 Å². The SMILES string of the molecule is CCCCCC[NH2+]Cc1c[nH]c2nc(N)[nH]c(=O)c12. The molecule has 0 unspecified atom stereocenters. The van der Waals surface area contributed by atoms with E-state index in [0.717, 1.165) is 18.7 Å². The molecule has 0 bridgehead atoms. The fourth-order valence-corrected chi connectivity index (χ4v) is 2.25. The Morgan fingerprint density at radius 1 is 1.37 bits per heavy atom. The molecule has 2 aromatic heterocycles. The van der Waals surface area contributed by atoms with E-state index < -0.39 is 0 Å². The minimum atomic E-state index is -0.168. The Kier molecular flexibility index (Phi) is 4.57. The van der Waals surface area contributed by atoms with Gasteiger partial charge in [-0.2, -0.15) is 4.98 Å². The van der Waals surface area contributed by atoms with E-state index in [9.17, 15) is 4.79 Å². The first kappa shape index (κ1) is 13.6. The Labute approximate surface area is 111 Å². The van der Waals surface area contributed by atoms with Crippen LogP contribution < -0.4 is 16.6 Å². The highest BCUT2D eigenvalue weighted by Gasteiger charge is 2.10. The fraction of sp³-hybridized carbons (Fsp3) is 0.538. The molecule has 19 heavy (non-hydrogen) atoms. The van der Waals surface area contributed by atoms with Gasteiger partial charge < -0.3 is 16.0 Å². The number of aromatic amines is 2. The van der Waals surface area contributed by atoms with Gasteiger partial charge in [0.1, 0.15) is 12.2 Å². The van der Waals surface area contributed by atoms with E-state index >= 15 is 0 Å². The molecule has 0 aliphatic heterocycles. The van der Waals surface area contributed by atoms with Crippen LogP contribution in [0.5, 0.6) is 0 Å². The van der Waals surface area contributed by atoms with Gasteiger partial charge in [0.25, 0.3) is 5.56 Å². The van der Waals surface area contributed by atoms with E-state index in [4.69, 9.17) is 5.73 Å².